The lowest BCUT2D eigenvalue weighted by Gasteiger charge is -2.13. The standard InChI is InChI=1S/C13H14N6OS/c1-2-10(21-13-17-12(15)18-19-13)11(20)16-9-6-4-3-5-8(9)7-14/h3-6,10H,2H2,1H3,(H,16,20)(H3,15,17,18,19)/t10-/m0/s1. The second-order valence-corrected chi connectivity index (χ2v) is 5.33. The molecule has 1 aromatic heterocycles. The Balaban J connectivity index is 2.08. The fourth-order valence-electron chi connectivity index (χ4n) is 1.66. The molecule has 0 spiro atoms. The summed E-state index contributed by atoms with van der Waals surface area (Å²) in [6.45, 7) is 1.89. The molecule has 0 radical (unpaired) electrons. The number of nitrogens with one attached hydrogen (secondary N) is 2. The highest BCUT2D eigenvalue weighted by Gasteiger charge is 2.21. The number of nitriles is 1. The first kappa shape index (κ1) is 14.9. The third-order valence-electron chi connectivity index (χ3n) is 2.70. The predicted molar refractivity (Wildman–Crippen MR) is 80.5 cm³/mol. The average molecular weight is 302 g/mol. The van der Waals surface area contributed by atoms with E-state index in [9.17, 15) is 4.79 Å². The zero-order valence-corrected chi connectivity index (χ0v) is 12.1. The van der Waals surface area contributed by atoms with Gasteiger partial charge < -0.3 is 11.1 Å². The molecule has 0 unspecified atom stereocenters. The number of anilines is 2. The summed E-state index contributed by atoms with van der Waals surface area (Å²) in [6.07, 6.45) is 0.597. The number of hydrogen-bond donors (Lipinski definition) is 3. The summed E-state index contributed by atoms with van der Waals surface area (Å²) in [7, 11) is 0. The number of hydrogen-bond acceptors (Lipinski definition) is 6. The molecular formula is C13H14N6OS. The maximum atomic E-state index is 12.3. The molecule has 0 aliphatic rings. The maximum absolute atomic E-state index is 12.3. The van der Waals surface area contributed by atoms with Crippen LogP contribution in [0.3, 0.4) is 0 Å². The molecule has 2 aromatic rings. The van der Waals surface area contributed by atoms with Crippen molar-refractivity contribution in [2.75, 3.05) is 11.1 Å². The average Bonchev–Trinajstić information content (AvgIpc) is 2.90. The highest BCUT2D eigenvalue weighted by Crippen LogP contribution is 2.24. The van der Waals surface area contributed by atoms with Crippen LogP contribution in [0.5, 0.6) is 0 Å². The summed E-state index contributed by atoms with van der Waals surface area (Å²) in [5.74, 6) is 0.0103. The van der Waals surface area contributed by atoms with Gasteiger partial charge in [-0.25, -0.2) is 5.10 Å². The van der Waals surface area contributed by atoms with Crippen LogP contribution in [0.4, 0.5) is 11.6 Å². The number of nitrogens with zero attached hydrogens (tertiary/aromatic N) is 3. The van der Waals surface area contributed by atoms with E-state index in [0.29, 0.717) is 22.8 Å². The second-order valence-electron chi connectivity index (χ2n) is 4.16. The zero-order valence-electron chi connectivity index (χ0n) is 11.3. The Bertz CT molecular complexity index is 677. The van der Waals surface area contributed by atoms with Crippen LogP contribution in [0.1, 0.15) is 18.9 Å². The Kier molecular flexibility index (Phi) is 4.79. The molecular weight excluding hydrogens is 288 g/mol. The van der Waals surface area contributed by atoms with Crippen LogP contribution in [-0.2, 0) is 4.79 Å². The maximum Gasteiger partial charge on any atom is 0.238 e. The summed E-state index contributed by atoms with van der Waals surface area (Å²) in [5, 5.41) is 18.3. The van der Waals surface area contributed by atoms with Crippen LogP contribution in [0.25, 0.3) is 0 Å². The van der Waals surface area contributed by atoms with Gasteiger partial charge in [0.05, 0.1) is 16.5 Å². The molecule has 108 valence electrons. The van der Waals surface area contributed by atoms with E-state index in [2.05, 4.69) is 20.5 Å². The molecule has 1 heterocycles. The van der Waals surface area contributed by atoms with Gasteiger partial charge >= 0.3 is 0 Å². The topological polar surface area (TPSA) is 120 Å². The summed E-state index contributed by atoms with van der Waals surface area (Å²) >= 11 is 1.22. The Morgan fingerprint density at radius 1 is 1.57 bits per heavy atom. The van der Waals surface area contributed by atoms with Crippen LogP contribution in [0.2, 0.25) is 0 Å². The smallest absolute Gasteiger partial charge is 0.238 e. The third kappa shape index (κ3) is 3.73. The van der Waals surface area contributed by atoms with E-state index < -0.39 is 0 Å². The third-order valence-corrected chi connectivity index (χ3v) is 3.92. The zero-order chi connectivity index (χ0) is 15.2. The van der Waals surface area contributed by atoms with Gasteiger partial charge in [0.2, 0.25) is 17.0 Å². The lowest BCUT2D eigenvalue weighted by Crippen LogP contribution is -2.25. The van der Waals surface area contributed by atoms with E-state index in [4.69, 9.17) is 11.0 Å². The number of H-pyrrole nitrogens is 1. The molecule has 8 heteroatoms. The van der Waals surface area contributed by atoms with E-state index in [0.717, 1.165) is 0 Å². The Hall–Kier alpha value is -2.53. The van der Waals surface area contributed by atoms with Gasteiger partial charge in [0.25, 0.3) is 0 Å². The molecule has 1 atom stereocenters. The van der Waals surface area contributed by atoms with Gasteiger partial charge in [-0.05, 0) is 18.6 Å². The minimum Gasteiger partial charge on any atom is -0.368 e. The first-order chi connectivity index (χ1) is 10.1. The Labute approximate surface area is 125 Å². The van der Waals surface area contributed by atoms with E-state index in [-0.39, 0.29) is 17.1 Å². The lowest BCUT2D eigenvalue weighted by atomic mass is 10.2. The second kappa shape index (κ2) is 6.76. The molecule has 21 heavy (non-hydrogen) atoms. The molecule has 0 fully saturated rings. The molecule has 0 saturated carbocycles. The number of carbonyl (C=O) groups is 1. The summed E-state index contributed by atoms with van der Waals surface area (Å²) in [5.41, 5.74) is 6.38. The summed E-state index contributed by atoms with van der Waals surface area (Å²) < 4.78 is 0. The van der Waals surface area contributed by atoms with Crippen molar-refractivity contribution >= 4 is 29.3 Å². The van der Waals surface area contributed by atoms with Gasteiger partial charge in [-0.2, -0.15) is 10.2 Å². The van der Waals surface area contributed by atoms with Crippen molar-refractivity contribution in [2.24, 2.45) is 0 Å². The fourth-order valence-corrected chi connectivity index (χ4v) is 2.50. The first-order valence-corrected chi connectivity index (χ1v) is 7.16. The van der Waals surface area contributed by atoms with Crippen molar-refractivity contribution in [2.45, 2.75) is 23.8 Å². The molecule has 7 nitrogen and oxygen atoms in total. The summed E-state index contributed by atoms with van der Waals surface area (Å²) in [4.78, 5) is 16.2. The van der Waals surface area contributed by atoms with E-state index in [1.807, 2.05) is 13.0 Å². The van der Waals surface area contributed by atoms with Crippen molar-refractivity contribution in [1.29, 1.82) is 5.26 Å². The van der Waals surface area contributed by atoms with Gasteiger partial charge in [0.1, 0.15) is 6.07 Å². The van der Waals surface area contributed by atoms with Crippen molar-refractivity contribution in [3.05, 3.63) is 29.8 Å². The first-order valence-electron chi connectivity index (χ1n) is 6.28. The molecule has 0 bridgehead atoms. The van der Waals surface area contributed by atoms with Gasteiger partial charge in [0.15, 0.2) is 0 Å². The quantitative estimate of drug-likeness (QED) is 0.724. The van der Waals surface area contributed by atoms with E-state index in [1.54, 1.807) is 24.3 Å². The number of nitrogen functional groups attached to an aromatic ring is 1. The predicted octanol–water partition coefficient (Wildman–Crippen LogP) is 1.77. The van der Waals surface area contributed by atoms with E-state index >= 15 is 0 Å². The molecule has 4 N–H and O–H groups in total. The molecule has 1 aromatic carbocycles. The van der Waals surface area contributed by atoms with Gasteiger partial charge in [-0.15, -0.1) is 5.10 Å². The van der Waals surface area contributed by atoms with Crippen LogP contribution in [0, 0.1) is 11.3 Å². The fraction of sp³-hybridized carbons (Fsp3) is 0.231. The van der Waals surface area contributed by atoms with Crippen molar-refractivity contribution in [3.8, 4) is 6.07 Å². The SMILES string of the molecule is CC[C@H](Sc1n[nH]c(N)n1)C(=O)Nc1ccccc1C#N. The van der Waals surface area contributed by atoms with Gasteiger partial charge in [-0.1, -0.05) is 30.8 Å². The number of thioether (sulfide) groups is 1. The number of rotatable bonds is 5. The van der Waals surface area contributed by atoms with E-state index in [1.165, 1.54) is 11.8 Å². The lowest BCUT2D eigenvalue weighted by molar-refractivity contribution is -0.115. The minimum absolute atomic E-state index is 0.200. The normalized spacial score (nSPS) is 11.6. The molecule has 0 aliphatic carbocycles. The number of aromatic nitrogens is 3. The number of para-hydroxylation sites is 1. The summed E-state index contributed by atoms with van der Waals surface area (Å²) in [6, 6.07) is 8.90. The van der Waals surface area contributed by atoms with Crippen molar-refractivity contribution < 1.29 is 4.79 Å². The van der Waals surface area contributed by atoms with Crippen molar-refractivity contribution in [1.82, 2.24) is 15.2 Å². The number of amides is 1. The van der Waals surface area contributed by atoms with Gasteiger partial charge in [-0.3, -0.25) is 4.79 Å². The largest absolute Gasteiger partial charge is 0.368 e. The number of aromatic amines is 1. The minimum atomic E-state index is -0.369. The number of benzene rings is 1. The highest BCUT2D eigenvalue weighted by atomic mass is 32.2. The van der Waals surface area contributed by atoms with Crippen LogP contribution in [0.15, 0.2) is 29.4 Å². The number of carbonyl (C=O) groups excluding carboxylic acids is 1. The molecule has 0 saturated heterocycles. The molecule has 2 rings (SSSR count). The monoisotopic (exact) mass is 302 g/mol. The van der Waals surface area contributed by atoms with Gasteiger partial charge in [0, 0.05) is 0 Å². The number of nitrogens with two attached hydrogens (primary N) is 1. The Morgan fingerprint density at radius 3 is 2.95 bits per heavy atom. The van der Waals surface area contributed by atoms with Crippen LogP contribution < -0.4 is 11.1 Å². The Morgan fingerprint density at radius 2 is 2.33 bits per heavy atom. The van der Waals surface area contributed by atoms with Crippen LogP contribution >= 0.6 is 11.8 Å². The molecule has 0 aliphatic heterocycles. The highest BCUT2D eigenvalue weighted by molar-refractivity contribution is 8.00. The van der Waals surface area contributed by atoms with Crippen molar-refractivity contribution in [3.63, 3.8) is 0 Å². The van der Waals surface area contributed by atoms with Crippen LogP contribution in [-0.4, -0.2) is 26.3 Å². The molecule has 1 amide bonds.